The summed E-state index contributed by atoms with van der Waals surface area (Å²) in [6.07, 6.45) is 2.01. The van der Waals surface area contributed by atoms with Crippen molar-refractivity contribution in [2.24, 2.45) is 7.05 Å². The van der Waals surface area contributed by atoms with E-state index in [1.54, 1.807) is 0 Å². The molecule has 0 fully saturated rings. The van der Waals surface area contributed by atoms with Gasteiger partial charge in [-0.05, 0) is 31.5 Å². The Morgan fingerprint density at radius 3 is 2.73 bits per heavy atom. The highest BCUT2D eigenvalue weighted by Gasteiger charge is 2.10. The molecule has 0 atom stereocenters. The van der Waals surface area contributed by atoms with Crippen LogP contribution in [0.25, 0.3) is 11.3 Å². The van der Waals surface area contributed by atoms with Gasteiger partial charge in [0.2, 0.25) is 5.69 Å². The third-order valence-electron chi connectivity index (χ3n) is 2.58. The third kappa shape index (κ3) is 1.91. The van der Waals surface area contributed by atoms with Crippen molar-refractivity contribution >= 4 is 0 Å². The van der Waals surface area contributed by atoms with Gasteiger partial charge in [-0.1, -0.05) is 17.7 Å². The lowest BCUT2D eigenvalue weighted by Gasteiger charge is -2.04. The van der Waals surface area contributed by atoms with Crippen LogP contribution in [0.1, 0.15) is 13.9 Å². The molecule has 1 aromatic heterocycles. The lowest BCUT2D eigenvalue weighted by Crippen LogP contribution is -2.30. The van der Waals surface area contributed by atoms with E-state index in [9.17, 15) is 0 Å². The Morgan fingerprint density at radius 1 is 1.20 bits per heavy atom. The van der Waals surface area contributed by atoms with Gasteiger partial charge in [0.1, 0.15) is 7.05 Å². The zero-order chi connectivity index (χ0) is 12.4. The largest absolute Gasteiger partial charge is 0.212 e. The van der Waals surface area contributed by atoms with Crippen LogP contribution in [-0.4, -0.2) is 0 Å². The standard InChI is InChI=1S/C14H16N/c1-11-7-8-13(12(2)10-11)14-6-4-5-9-15(14)3/h4-10H,1-3H3/q+1/i1D2. The number of hydrogen-bond donors (Lipinski definition) is 0. The zero-order valence-corrected chi connectivity index (χ0v) is 9.07. The Balaban J connectivity index is 2.51. The molecule has 0 aliphatic heterocycles. The van der Waals surface area contributed by atoms with Gasteiger partial charge in [0.25, 0.3) is 0 Å². The maximum Gasteiger partial charge on any atom is 0.212 e. The highest BCUT2D eigenvalue weighted by molar-refractivity contribution is 5.61. The first-order chi connectivity index (χ1) is 8.09. The van der Waals surface area contributed by atoms with E-state index in [4.69, 9.17) is 2.74 Å². The van der Waals surface area contributed by atoms with Gasteiger partial charge >= 0.3 is 0 Å². The van der Waals surface area contributed by atoms with E-state index in [1.807, 2.05) is 50.5 Å². The minimum Gasteiger partial charge on any atom is -0.201 e. The number of nitrogens with zero attached hydrogens (tertiary/aromatic N) is 1. The SMILES string of the molecule is [2H]C([2H])c1ccc(-c2cccc[n+]2C)c(C)c1. The summed E-state index contributed by atoms with van der Waals surface area (Å²) in [7, 11) is 2.01. The molecule has 2 rings (SSSR count). The van der Waals surface area contributed by atoms with Crippen LogP contribution in [-0.2, 0) is 7.05 Å². The summed E-state index contributed by atoms with van der Waals surface area (Å²) in [5.41, 5.74) is 4.14. The van der Waals surface area contributed by atoms with Gasteiger partial charge in [0, 0.05) is 20.4 Å². The summed E-state index contributed by atoms with van der Waals surface area (Å²) in [4.78, 5) is 0. The molecule has 1 heteroatoms. The molecule has 0 N–H and O–H groups in total. The van der Waals surface area contributed by atoms with Gasteiger partial charge in [0.05, 0.1) is 0 Å². The van der Waals surface area contributed by atoms with Crippen LogP contribution in [0.15, 0.2) is 42.6 Å². The number of aromatic nitrogens is 1. The molecular formula is C14H16N+. The molecule has 0 radical (unpaired) electrons. The molecule has 76 valence electrons. The van der Waals surface area contributed by atoms with Gasteiger partial charge in [-0.2, -0.15) is 0 Å². The number of benzene rings is 1. The normalized spacial score (nSPS) is 12.5. The van der Waals surface area contributed by atoms with Crippen LogP contribution in [0, 0.1) is 13.8 Å². The Morgan fingerprint density at radius 2 is 2.07 bits per heavy atom. The van der Waals surface area contributed by atoms with Crippen LogP contribution >= 0.6 is 0 Å². The average Bonchev–Trinajstić information content (AvgIpc) is 2.30. The van der Waals surface area contributed by atoms with Crippen molar-refractivity contribution in [1.82, 2.24) is 0 Å². The van der Waals surface area contributed by atoms with E-state index in [0.717, 1.165) is 22.4 Å². The monoisotopic (exact) mass is 200 g/mol. The Bertz CT molecular complexity index is 535. The van der Waals surface area contributed by atoms with Crippen LogP contribution < -0.4 is 4.57 Å². The minimum absolute atomic E-state index is 0.741. The van der Waals surface area contributed by atoms with Crippen molar-refractivity contribution in [2.75, 3.05) is 0 Å². The van der Waals surface area contributed by atoms with E-state index >= 15 is 0 Å². The van der Waals surface area contributed by atoms with Crippen LogP contribution in [0.5, 0.6) is 0 Å². The Kier molecular flexibility index (Phi) is 1.96. The van der Waals surface area contributed by atoms with E-state index in [1.165, 1.54) is 0 Å². The molecule has 2 aromatic rings. The molecule has 15 heavy (non-hydrogen) atoms. The first-order valence-corrected chi connectivity index (χ1v) is 4.99. The number of hydrogen-bond acceptors (Lipinski definition) is 0. The smallest absolute Gasteiger partial charge is 0.201 e. The summed E-state index contributed by atoms with van der Waals surface area (Å²) in [5, 5.41) is 0. The predicted octanol–water partition coefficient (Wildman–Crippen LogP) is 2.79. The Hall–Kier alpha value is -1.63. The first-order valence-electron chi connectivity index (χ1n) is 6.15. The summed E-state index contributed by atoms with van der Waals surface area (Å²) >= 11 is 0. The molecule has 0 bridgehead atoms. The molecular weight excluding hydrogens is 182 g/mol. The first kappa shape index (κ1) is 7.63. The second-order valence-corrected chi connectivity index (χ2v) is 3.77. The van der Waals surface area contributed by atoms with Crippen LogP contribution in [0.4, 0.5) is 0 Å². The molecule has 1 aromatic carbocycles. The third-order valence-corrected chi connectivity index (χ3v) is 2.58. The molecule has 0 aliphatic carbocycles. The van der Waals surface area contributed by atoms with E-state index < -0.39 is 6.88 Å². The van der Waals surface area contributed by atoms with E-state index in [-0.39, 0.29) is 0 Å². The molecule has 1 nitrogen and oxygen atoms in total. The van der Waals surface area contributed by atoms with Gasteiger partial charge in [-0.25, -0.2) is 4.57 Å². The predicted molar refractivity (Wildman–Crippen MR) is 62.5 cm³/mol. The highest BCUT2D eigenvalue weighted by Crippen LogP contribution is 2.20. The van der Waals surface area contributed by atoms with Crippen molar-refractivity contribution in [3.8, 4) is 11.3 Å². The van der Waals surface area contributed by atoms with Crippen molar-refractivity contribution < 1.29 is 7.31 Å². The molecule has 0 amide bonds. The quantitative estimate of drug-likeness (QED) is 0.623. The zero-order valence-electron chi connectivity index (χ0n) is 11.1. The van der Waals surface area contributed by atoms with E-state index in [0.29, 0.717) is 0 Å². The fraction of sp³-hybridized carbons (Fsp3) is 0.214. The fourth-order valence-electron chi connectivity index (χ4n) is 1.78. The maximum atomic E-state index is 7.39. The van der Waals surface area contributed by atoms with Crippen LogP contribution in [0.2, 0.25) is 0 Å². The van der Waals surface area contributed by atoms with Crippen molar-refractivity contribution in [3.05, 3.63) is 53.7 Å². The average molecular weight is 200 g/mol. The molecule has 0 unspecified atom stereocenters. The number of rotatable bonds is 1. The lowest BCUT2D eigenvalue weighted by atomic mass is 10.0. The summed E-state index contributed by atoms with van der Waals surface area (Å²) in [6, 6.07) is 11.9. The second kappa shape index (κ2) is 3.85. The van der Waals surface area contributed by atoms with Crippen molar-refractivity contribution in [3.63, 3.8) is 0 Å². The summed E-state index contributed by atoms with van der Waals surface area (Å²) in [6.45, 7) is 1.11. The van der Waals surface area contributed by atoms with Gasteiger partial charge in [0.15, 0.2) is 6.20 Å². The number of pyridine rings is 1. The van der Waals surface area contributed by atoms with Gasteiger partial charge in [-0.15, -0.1) is 0 Å². The van der Waals surface area contributed by atoms with Crippen molar-refractivity contribution in [1.29, 1.82) is 0 Å². The lowest BCUT2D eigenvalue weighted by molar-refractivity contribution is -0.660. The van der Waals surface area contributed by atoms with Crippen molar-refractivity contribution in [2.45, 2.75) is 13.8 Å². The molecule has 0 spiro atoms. The van der Waals surface area contributed by atoms with Gasteiger partial charge in [-0.3, -0.25) is 0 Å². The van der Waals surface area contributed by atoms with E-state index in [2.05, 4.69) is 10.6 Å². The second-order valence-electron chi connectivity index (χ2n) is 3.77. The van der Waals surface area contributed by atoms with Gasteiger partial charge < -0.3 is 0 Å². The number of aryl methyl sites for hydroxylation is 3. The minimum atomic E-state index is -0.910. The topological polar surface area (TPSA) is 3.88 Å². The molecule has 1 heterocycles. The summed E-state index contributed by atoms with van der Waals surface area (Å²) in [5.74, 6) is 0. The molecule has 0 saturated heterocycles. The highest BCUT2D eigenvalue weighted by atomic mass is 14.9. The van der Waals surface area contributed by atoms with Crippen LogP contribution in [0.3, 0.4) is 0 Å². The molecule has 0 aliphatic rings. The summed E-state index contributed by atoms with van der Waals surface area (Å²) < 4.78 is 16.9. The molecule has 0 saturated carbocycles. The Labute approximate surface area is 93.8 Å². The maximum absolute atomic E-state index is 7.39. The fourth-order valence-corrected chi connectivity index (χ4v) is 1.78.